The Bertz CT molecular complexity index is 436. The number of hydrogen-bond acceptors (Lipinski definition) is 2. The lowest BCUT2D eigenvalue weighted by Gasteiger charge is -2.14. The Hall–Kier alpha value is -0.640. The number of halogens is 1. The van der Waals surface area contributed by atoms with Gasteiger partial charge in [-0.05, 0) is 65.4 Å². The average molecular weight is 310 g/mol. The first kappa shape index (κ1) is 12.8. The number of rotatable bonds is 5. The van der Waals surface area contributed by atoms with Crippen LogP contribution in [0.5, 0.6) is 0 Å². The second-order valence-corrected chi connectivity index (χ2v) is 5.96. The predicted octanol–water partition coefficient (Wildman–Crippen LogP) is 3.87. The van der Waals surface area contributed by atoms with E-state index < -0.39 is 0 Å². The Morgan fingerprint density at radius 3 is 2.35 bits per heavy atom. The Morgan fingerprint density at radius 2 is 1.76 bits per heavy atom. The largest absolute Gasteiger partial charge is 0.330 e. The summed E-state index contributed by atoms with van der Waals surface area (Å²) in [4.78, 5) is 0. The molecule has 0 saturated heterocycles. The summed E-state index contributed by atoms with van der Waals surface area (Å²) in [6.07, 6.45) is 2.13. The van der Waals surface area contributed by atoms with Crippen molar-refractivity contribution < 1.29 is 0 Å². The molecule has 1 unspecified atom stereocenters. The van der Waals surface area contributed by atoms with Gasteiger partial charge in [-0.25, -0.2) is 0 Å². The van der Waals surface area contributed by atoms with Gasteiger partial charge in [-0.15, -0.1) is 0 Å². The molecule has 0 fully saturated rings. The number of hydrogen-bond donors (Lipinski definition) is 1. The topological polar surface area (TPSA) is 26.0 Å². The molecule has 0 radical (unpaired) electrons. The molecular weight excluding hydrogens is 294 g/mol. The van der Waals surface area contributed by atoms with E-state index in [0.29, 0.717) is 5.92 Å². The molecule has 1 nitrogen and oxygen atoms in total. The highest BCUT2D eigenvalue weighted by Gasteiger charge is 2.09. The number of thiophene rings is 1. The van der Waals surface area contributed by atoms with Crippen LogP contribution in [0.4, 0.5) is 0 Å². The SMILES string of the molecule is NCC(Cc1ccc(Br)cc1)Cc1ccsc1. The van der Waals surface area contributed by atoms with Gasteiger partial charge in [-0.3, -0.25) is 0 Å². The molecule has 0 spiro atoms. The van der Waals surface area contributed by atoms with Gasteiger partial charge in [0.25, 0.3) is 0 Å². The third-order valence-corrected chi connectivity index (χ3v) is 4.14. The predicted molar refractivity (Wildman–Crippen MR) is 78.4 cm³/mol. The first-order valence-electron chi connectivity index (χ1n) is 5.73. The Morgan fingerprint density at radius 1 is 1.06 bits per heavy atom. The molecule has 0 saturated carbocycles. The smallest absolute Gasteiger partial charge is 0.0175 e. The van der Waals surface area contributed by atoms with Crippen molar-refractivity contribution >= 4 is 27.3 Å². The molecule has 90 valence electrons. The Balaban J connectivity index is 1.97. The fraction of sp³-hybridized carbons (Fsp3) is 0.286. The molecule has 2 aromatic rings. The van der Waals surface area contributed by atoms with Crippen LogP contribution in [0.15, 0.2) is 45.6 Å². The van der Waals surface area contributed by atoms with E-state index in [1.807, 2.05) is 0 Å². The highest BCUT2D eigenvalue weighted by Crippen LogP contribution is 2.17. The standard InChI is InChI=1S/C14H16BrNS/c15-14-3-1-11(2-4-14)7-13(9-16)8-12-5-6-17-10-12/h1-6,10,13H,7-9,16H2. The number of nitrogens with two attached hydrogens (primary N) is 1. The van der Waals surface area contributed by atoms with Crippen molar-refractivity contribution in [2.75, 3.05) is 6.54 Å². The summed E-state index contributed by atoms with van der Waals surface area (Å²) in [5, 5.41) is 4.34. The van der Waals surface area contributed by atoms with Gasteiger partial charge in [0.2, 0.25) is 0 Å². The molecule has 3 heteroatoms. The van der Waals surface area contributed by atoms with Crippen LogP contribution < -0.4 is 5.73 Å². The Labute approximate surface area is 115 Å². The lowest BCUT2D eigenvalue weighted by atomic mass is 9.94. The monoisotopic (exact) mass is 309 g/mol. The van der Waals surface area contributed by atoms with Crippen LogP contribution in [-0.2, 0) is 12.8 Å². The molecule has 1 atom stereocenters. The van der Waals surface area contributed by atoms with E-state index in [1.165, 1.54) is 11.1 Å². The van der Waals surface area contributed by atoms with Gasteiger partial charge in [0, 0.05) is 4.47 Å². The van der Waals surface area contributed by atoms with E-state index in [0.717, 1.165) is 23.9 Å². The minimum absolute atomic E-state index is 0.533. The van der Waals surface area contributed by atoms with E-state index in [1.54, 1.807) is 11.3 Å². The lowest BCUT2D eigenvalue weighted by molar-refractivity contribution is 0.534. The van der Waals surface area contributed by atoms with Crippen molar-refractivity contribution in [3.63, 3.8) is 0 Å². The first-order chi connectivity index (χ1) is 8.28. The highest BCUT2D eigenvalue weighted by molar-refractivity contribution is 9.10. The zero-order valence-electron chi connectivity index (χ0n) is 9.60. The maximum absolute atomic E-state index is 5.86. The fourth-order valence-corrected chi connectivity index (χ4v) is 2.88. The van der Waals surface area contributed by atoms with Gasteiger partial charge < -0.3 is 5.73 Å². The molecule has 1 aromatic carbocycles. The van der Waals surface area contributed by atoms with Crippen molar-refractivity contribution in [1.82, 2.24) is 0 Å². The summed E-state index contributed by atoms with van der Waals surface area (Å²) >= 11 is 5.21. The minimum atomic E-state index is 0.533. The molecule has 0 aliphatic rings. The second kappa shape index (κ2) is 6.34. The zero-order chi connectivity index (χ0) is 12.1. The molecule has 0 amide bonds. The summed E-state index contributed by atoms with van der Waals surface area (Å²) in [7, 11) is 0. The van der Waals surface area contributed by atoms with E-state index >= 15 is 0 Å². The summed E-state index contributed by atoms with van der Waals surface area (Å²) in [5.41, 5.74) is 8.63. The van der Waals surface area contributed by atoms with E-state index in [9.17, 15) is 0 Å². The first-order valence-corrected chi connectivity index (χ1v) is 7.47. The van der Waals surface area contributed by atoms with Crippen LogP contribution in [0.1, 0.15) is 11.1 Å². The summed E-state index contributed by atoms with van der Waals surface area (Å²) in [6, 6.07) is 10.7. The third kappa shape index (κ3) is 3.95. The van der Waals surface area contributed by atoms with Crippen molar-refractivity contribution in [2.45, 2.75) is 12.8 Å². The lowest BCUT2D eigenvalue weighted by Crippen LogP contribution is -2.19. The maximum Gasteiger partial charge on any atom is 0.0175 e. The molecule has 0 aliphatic carbocycles. The van der Waals surface area contributed by atoms with Gasteiger partial charge in [0.05, 0.1) is 0 Å². The molecule has 0 aliphatic heterocycles. The molecule has 2 N–H and O–H groups in total. The van der Waals surface area contributed by atoms with Crippen LogP contribution in [0, 0.1) is 5.92 Å². The van der Waals surface area contributed by atoms with E-state index in [4.69, 9.17) is 5.73 Å². The minimum Gasteiger partial charge on any atom is -0.330 e. The maximum atomic E-state index is 5.86. The average Bonchev–Trinajstić information content (AvgIpc) is 2.84. The quantitative estimate of drug-likeness (QED) is 0.891. The Kier molecular flexibility index (Phi) is 4.77. The highest BCUT2D eigenvalue weighted by atomic mass is 79.9. The molecule has 0 bridgehead atoms. The zero-order valence-corrected chi connectivity index (χ0v) is 12.0. The van der Waals surface area contributed by atoms with Crippen LogP contribution in [0.3, 0.4) is 0 Å². The van der Waals surface area contributed by atoms with Gasteiger partial charge in [-0.2, -0.15) is 11.3 Å². The summed E-state index contributed by atoms with van der Waals surface area (Å²) < 4.78 is 1.13. The van der Waals surface area contributed by atoms with Crippen LogP contribution in [0.25, 0.3) is 0 Å². The summed E-state index contributed by atoms with van der Waals surface area (Å²) in [6.45, 7) is 0.742. The summed E-state index contributed by atoms with van der Waals surface area (Å²) in [5.74, 6) is 0.533. The molecule has 2 rings (SSSR count). The molecule has 1 aromatic heterocycles. The molecule has 1 heterocycles. The normalized spacial score (nSPS) is 12.6. The van der Waals surface area contributed by atoms with Gasteiger partial charge in [0.1, 0.15) is 0 Å². The second-order valence-electron chi connectivity index (χ2n) is 4.27. The van der Waals surface area contributed by atoms with Crippen LogP contribution in [-0.4, -0.2) is 6.54 Å². The molecule has 17 heavy (non-hydrogen) atoms. The van der Waals surface area contributed by atoms with Gasteiger partial charge in [0.15, 0.2) is 0 Å². The number of benzene rings is 1. The fourth-order valence-electron chi connectivity index (χ4n) is 1.93. The van der Waals surface area contributed by atoms with Gasteiger partial charge in [-0.1, -0.05) is 28.1 Å². The molecular formula is C14H16BrNS. The van der Waals surface area contributed by atoms with Gasteiger partial charge >= 0.3 is 0 Å². The third-order valence-electron chi connectivity index (χ3n) is 2.88. The van der Waals surface area contributed by atoms with E-state index in [2.05, 4.69) is 57.0 Å². The van der Waals surface area contributed by atoms with Crippen molar-refractivity contribution in [3.8, 4) is 0 Å². The van der Waals surface area contributed by atoms with Crippen LogP contribution in [0.2, 0.25) is 0 Å². The van der Waals surface area contributed by atoms with Crippen LogP contribution >= 0.6 is 27.3 Å². The van der Waals surface area contributed by atoms with Crippen molar-refractivity contribution in [2.24, 2.45) is 11.7 Å². The van der Waals surface area contributed by atoms with Crippen molar-refractivity contribution in [3.05, 3.63) is 56.7 Å². The van der Waals surface area contributed by atoms with Crippen molar-refractivity contribution in [1.29, 1.82) is 0 Å². The van der Waals surface area contributed by atoms with E-state index in [-0.39, 0.29) is 0 Å².